The summed E-state index contributed by atoms with van der Waals surface area (Å²) >= 11 is 4.23. The molecule has 1 heterocycles. The molecule has 0 radical (unpaired) electrons. The van der Waals surface area contributed by atoms with E-state index in [1.807, 2.05) is 0 Å². The Hall–Kier alpha value is -2.93. The summed E-state index contributed by atoms with van der Waals surface area (Å²) in [5.74, 6) is -1.44. The maximum Gasteiger partial charge on any atom is 0.341 e. The normalized spacial score (nSPS) is 10.5. The first-order valence-corrected chi connectivity index (χ1v) is 8.49. The van der Waals surface area contributed by atoms with Gasteiger partial charge in [0, 0.05) is 23.2 Å². The lowest BCUT2D eigenvalue weighted by Crippen LogP contribution is -2.07. The number of hydrogen-bond acceptors (Lipinski definition) is 5. The van der Waals surface area contributed by atoms with Gasteiger partial charge in [-0.3, -0.25) is 0 Å². The topological polar surface area (TPSA) is 51.2 Å². The second-order valence-corrected chi connectivity index (χ2v) is 6.23. The third-order valence-electron chi connectivity index (χ3n) is 3.97. The Bertz CT molecular complexity index is 995. The minimum absolute atomic E-state index is 0.212. The summed E-state index contributed by atoms with van der Waals surface area (Å²) in [7, 11) is 1.17. The first kappa shape index (κ1) is 18.8. The Kier molecular flexibility index (Phi) is 5.71. The van der Waals surface area contributed by atoms with Crippen molar-refractivity contribution < 1.29 is 18.3 Å². The van der Waals surface area contributed by atoms with E-state index < -0.39 is 17.6 Å². The van der Waals surface area contributed by atoms with Crippen LogP contribution in [0, 0.1) is 11.6 Å². The van der Waals surface area contributed by atoms with E-state index in [9.17, 15) is 13.6 Å². The SMILES string of the molecule is COC(=O)c1c(F)cccc1-c1ccc(CNc2cc(S)ccn2)c(F)c1. The first-order valence-electron chi connectivity index (χ1n) is 8.04. The average molecular weight is 386 g/mol. The molecule has 0 saturated carbocycles. The highest BCUT2D eigenvalue weighted by Crippen LogP contribution is 2.28. The standard InChI is InChI=1S/C20H16F2N2O2S/c1-26-20(25)19-15(3-2-4-16(19)21)12-5-6-13(17(22)9-12)11-24-18-10-14(27)7-8-23-18/h2-10H,11H2,1H3,(H2,23,24,27). The molecular weight excluding hydrogens is 370 g/mol. The second-order valence-electron chi connectivity index (χ2n) is 5.71. The Morgan fingerprint density at radius 1 is 1.15 bits per heavy atom. The quantitative estimate of drug-likeness (QED) is 0.492. The molecule has 0 spiro atoms. The maximum atomic E-state index is 14.5. The van der Waals surface area contributed by atoms with Crippen LogP contribution in [0.15, 0.2) is 59.6 Å². The molecule has 27 heavy (non-hydrogen) atoms. The minimum atomic E-state index is -0.813. The number of carbonyl (C=O) groups excluding carboxylic acids is 1. The van der Waals surface area contributed by atoms with Crippen LogP contribution in [-0.2, 0) is 11.3 Å². The van der Waals surface area contributed by atoms with Crippen molar-refractivity contribution in [1.82, 2.24) is 4.98 Å². The number of hydrogen-bond donors (Lipinski definition) is 2. The molecule has 7 heteroatoms. The molecule has 1 aromatic heterocycles. The number of ether oxygens (including phenoxy) is 1. The highest BCUT2D eigenvalue weighted by atomic mass is 32.1. The van der Waals surface area contributed by atoms with Gasteiger partial charge in [-0.15, -0.1) is 12.6 Å². The van der Waals surface area contributed by atoms with Gasteiger partial charge in [-0.2, -0.15) is 0 Å². The summed E-state index contributed by atoms with van der Waals surface area (Å²) in [6, 6.07) is 12.1. The molecule has 138 valence electrons. The summed E-state index contributed by atoms with van der Waals surface area (Å²) < 4.78 is 33.3. The highest BCUT2D eigenvalue weighted by Gasteiger charge is 2.19. The lowest BCUT2D eigenvalue weighted by Gasteiger charge is -2.11. The molecule has 0 bridgehead atoms. The van der Waals surface area contributed by atoms with Gasteiger partial charge in [0.2, 0.25) is 0 Å². The van der Waals surface area contributed by atoms with E-state index in [-0.39, 0.29) is 17.7 Å². The Balaban J connectivity index is 1.87. The van der Waals surface area contributed by atoms with Crippen molar-refractivity contribution in [3.05, 3.63) is 77.5 Å². The number of anilines is 1. The van der Waals surface area contributed by atoms with E-state index >= 15 is 0 Å². The van der Waals surface area contributed by atoms with Crippen LogP contribution in [0.1, 0.15) is 15.9 Å². The Labute approximate surface area is 160 Å². The second kappa shape index (κ2) is 8.18. The molecule has 2 aromatic carbocycles. The number of aromatic nitrogens is 1. The zero-order valence-electron chi connectivity index (χ0n) is 14.4. The Morgan fingerprint density at radius 2 is 1.96 bits per heavy atom. The van der Waals surface area contributed by atoms with Crippen LogP contribution in [0.3, 0.4) is 0 Å². The summed E-state index contributed by atoms with van der Waals surface area (Å²) in [5.41, 5.74) is 0.831. The van der Waals surface area contributed by atoms with Crippen molar-refractivity contribution in [2.75, 3.05) is 12.4 Å². The third kappa shape index (κ3) is 4.25. The number of carbonyl (C=O) groups is 1. The number of esters is 1. The van der Waals surface area contributed by atoms with Crippen LogP contribution in [-0.4, -0.2) is 18.1 Å². The molecule has 0 aliphatic heterocycles. The van der Waals surface area contributed by atoms with Gasteiger partial charge in [-0.25, -0.2) is 18.6 Å². The van der Waals surface area contributed by atoms with Crippen molar-refractivity contribution >= 4 is 24.4 Å². The largest absolute Gasteiger partial charge is 0.465 e. The van der Waals surface area contributed by atoms with Gasteiger partial charge in [0.1, 0.15) is 23.0 Å². The molecule has 3 rings (SSSR count). The summed E-state index contributed by atoms with van der Waals surface area (Å²) in [4.78, 5) is 16.8. The van der Waals surface area contributed by atoms with E-state index in [1.165, 1.54) is 19.2 Å². The zero-order chi connectivity index (χ0) is 19.4. The molecule has 0 fully saturated rings. The maximum absolute atomic E-state index is 14.5. The van der Waals surface area contributed by atoms with Crippen LogP contribution < -0.4 is 5.32 Å². The molecule has 0 atom stereocenters. The van der Waals surface area contributed by atoms with E-state index in [0.29, 0.717) is 16.9 Å². The van der Waals surface area contributed by atoms with Gasteiger partial charge in [0.15, 0.2) is 0 Å². The third-order valence-corrected chi connectivity index (χ3v) is 4.25. The predicted octanol–water partition coefficient (Wildman–Crippen LogP) is 4.71. The number of pyridine rings is 1. The van der Waals surface area contributed by atoms with Gasteiger partial charge < -0.3 is 10.1 Å². The summed E-state index contributed by atoms with van der Waals surface area (Å²) in [6.07, 6.45) is 1.60. The summed E-state index contributed by atoms with van der Waals surface area (Å²) in [5, 5.41) is 3.02. The predicted molar refractivity (Wildman–Crippen MR) is 102 cm³/mol. The number of thiol groups is 1. The van der Waals surface area contributed by atoms with Crippen LogP contribution in [0.2, 0.25) is 0 Å². The molecular formula is C20H16F2N2O2S. The molecule has 0 aliphatic carbocycles. The zero-order valence-corrected chi connectivity index (χ0v) is 15.3. The van der Waals surface area contributed by atoms with Gasteiger partial charge >= 0.3 is 5.97 Å². The monoisotopic (exact) mass is 386 g/mol. The molecule has 1 N–H and O–H groups in total. The van der Waals surface area contributed by atoms with Gasteiger partial charge in [0.25, 0.3) is 0 Å². The molecule has 0 unspecified atom stereocenters. The first-order chi connectivity index (χ1) is 13.0. The lowest BCUT2D eigenvalue weighted by molar-refractivity contribution is 0.0596. The molecule has 3 aromatic rings. The van der Waals surface area contributed by atoms with E-state index in [2.05, 4.69) is 27.7 Å². The van der Waals surface area contributed by atoms with Crippen molar-refractivity contribution in [2.24, 2.45) is 0 Å². The molecule has 0 saturated heterocycles. The number of nitrogens with one attached hydrogen (secondary N) is 1. The van der Waals surface area contributed by atoms with Crippen molar-refractivity contribution in [1.29, 1.82) is 0 Å². The molecule has 0 amide bonds. The molecule has 0 aliphatic rings. The van der Waals surface area contributed by atoms with E-state index in [1.54, 1.807) is 36.5 Å². The number of halogens is 2. The number of benzene rings is 2. The van der Waals surface area contributed by atoms with Crippen LogP contribution in [0.25, 0.3) is 11.1 Å². The summed E-state index contributed by atoms with van der Waals surface area (Å²) in [6.45, 7) is 0.212. The van der Waals surface area contributed by atoms with Crippen molar-refractivity contribution in [2.45, 2.75) is 11.4 Å². The fourth-order valence-corrected chi connectivity index (χ4v) is 2.82. The number of rotatable bonds is 5. The fraction of sp³-hybridized carbons (Fsp3) is 0.100. The van der Waals surface area contributed by atoms with Gasteiger partial charge in [-0.05, 0) is 35.4 Å². The van der Waals surface area contributed by atoms with Gasteiger partial charge in [0.05, 0.1) is 7.11 Å². The fourth-order valence-electron chi connectivity index (χ4n) is 2.63. The Morgan fingerprint density at radius 3 is 2.67 bits per heavy atom. The van der Waals surface area contributed by atoms with Gasteiger partial charge in [-0.1, -0.05) is 24.3 Å². The van der Waals surface area contributed by atoms with Crippen molar-refractivity contribution in [3.63, 3.8) is 0 Å². The van der Waals surface area contributed by atoms with E-state index in [0.717, 1.165) is 11.0 Å². The van der Waals surface area contributed by atoms with E-state index in [4.69, 9.17) is 0 Å². The molecule has 4 nitrogen and oxygen atoms in total. The average Bonchev–Trinajstić information content (AvgIpc) is 2.66. The minimum Gasteiger partial charge on any atom is -0.465 e. The van der Waals surface area contributed by atoms with Crippen LogP contribution in [0.4, 0.5) is 14.6 Å². The van der Waals surface area contributed by atoms with Crippen LogP contribution in [0.5, 0.6) is 0 Å². The lowest BCUT2D eigenvalue weighted by atomic mass is 9.98. The highest BCUT2D eigenvalue weighted by molar-refractivity contribution is 7.80. The smallest absolute Gasteiger partial charge is 0.341 e. The number of methoxy groups -OCH3 is 1. The van der Waals surface area contributed by atoms with Crippen LogP contribution >= 0.6 is 12.6 Å². The van der Waals surface area contributed by atoms with Crippen molar-refractivity contribution in [3.8, 4) is 11.1 Å². The number of nitrogens with zero attached hydrogens (tertiary/aromatic N) is 1.